The average Bonchev–Trinajstić information content (AvgIpc) is 3.53. The summed E-state index contributed by atoms with van der Waals surface area (Å²) < 4.78 is 0. The highest BCUT2D eigenvalue weighted by molar-refractivity contribution is 6.31. The fourth-order valence-corrected chi connectivity index (χ4v) is 3.96. The van der Waals surface area contributed by atoms with Crippen LogP contribution in [0.15, 0.2) is 48.5 Å². The topological polar surface area (TPSA) is 78.5 Å². The van der Waals surface area contributed by atoms with Gasteiger partial charge >= 0.3 is 0 Å². The molecule has 2 N–H and O–H groups in total. The zero-order valence-electron chi connectivity index (χ0n) is 15.9. The molecule has 2 unspecified atom stereocenters. The van der Waals surface area contributed by atoms with E-state index in [1.807, 2.05) is 36.4 Å². The second-order valence-electron chi connectivity index (χ2n) is 7.46. The highest BCUT2D eigenvalue weighted by Gasteiger charge is 2.44. The van der Waals surface area contributed by atoms with Crippen LogP contribution in [-0.4, -0.2) is 42.3 Å². The minimum atomic E-state index is -0.156. The lowest BCUT2D eigenvalue weighted by Gasteiger charge is -2.26. The van der Waals surface area contributed by atoms with Crippen LogP contribution in [-0.2, 0) is 16.1 Å². The Bertz CT molecular complexity index is 945. The number of benzene rings is 2. The molecule has 2 aromatic carbocycles. The van der Waals surface area contributed by atoms with Crippen LogP contribution in [0.5, 0.6) is 0 Å². The van der Waals surface area contributed by atoms with Crippen molar-refractivity contribution < 1.29 is 14.4 Å². The van der Waals surface area contributed by atoms with Gasteiger partial charge in [-0.2, -0.15) is 0 Å². The summed E-state index contributed by atoms with van der Waals surface area (Å²) in [5.74, 6) is -0.129. The Morgan fingerprint density at radius 3 is 2.62 bits per heavy atom. The summed E-state index contributed by atoms with van der Waals surface area (Å²) in [4.78, 5) is 37.9. The second-order valence-corrected chi connectivity index (χ2v) is 7.87. The number of carbonyl (C=O) groups is 3. The van der Waals surface area contributed by atoms with E-state index in [-0.39, 0.29) is 36.1 Å². The monoisotopic (exact) mass is 411 g/mol. The normalized spacial score (nSPS) is 20.7. The summed E-state index contributed by atoms with van der Waals surface area (Å²) in [5, 5.41) is 6.38. The van der Waals surface area contributed by atoms with Crippen LogP contribution in [0.25, 0.3) is 0 Å². The summed E-state index contributed by atoms with van der Waals surface area (Å²) in [7, 11) is 0. The number of nitrogens with one attached hydrogen (secondary N) is 2. The Hall–Kier alpha value is -2.86. The van der Waals surface area contributed by atoms with Crippen LogP contribution in [0.2, 0.25) is 5.02 Å². The van der Waals surface area contributed by atoms with Crippen LogP contribution in [0.1, 0.15) is 33.8 Å². The average molecular weight is 412 g/mol. The molecule has 1 saturated carbocycles. The molecule has 2 fully saturated rings. The molecular weight excluding hydrogens is 390 g/mol. The van der Waals surface area contributed by atoms with Crippen molar-refractivity contribution in [1.29, 1.82) is 0 Å². The molecule has 0 bridgehead atoms. The van der Waals surface area contributed by atoms with Gasteiger partial charge < -0.3 is 15.5 Å². The van der Waals surface area contributed by atoms with Crippen LogP contribution >= 0.6 is 11.6 Å². The van der Waals surface area contributed by atoms with Gasteiger partial charge in [-0.3, -0.25) is 14.4 Å². The van der Waals surface area contributed by atoms with Crippen LogP contribution < -0.4 is 10.6 Å². The highest BCUT2D eigenvalue weighted by atomic mass is 35.5. The largest absolute Gasteiger partial charge is 0.353 e. The van der Waals surface area contributed by atoms with E-state index in [2.05, 4.69) is 10.6 Å². The summed E-state index contributed by atoms with van der Waals surface area (Å²) in [6.07, 6.45) is 0.812. The fourth-order valence-electron chi connectivity index (χ4n) is 3.68. The number of rotatable bonds is 5. The second kappa shape index (κ2) is 8.25. The summed E-state index contributed by atoms with van der Waals surface area (Å²) in [6.45, 7) is 1.48. The van der Waals surface area contributed by atoms with Gasteiger partial charge in [0.15, 0.2) is 0 Å². The first-order valence-electron chi connectivity index (χ1n) is 9.70. The summed E-state index contributed by atoms with van der Waals surface area (Å²) >= 11 is 6.22. The third-order valence-corrected chi connectivity index (χ3v) is 5.77. The molecule has 0 spiro atoms. The number of halogens is 1. The molecule has 1 aliphatic heterocycles. The smallest absolute Gasteiger partial charge is 0.254 e. The van der Waals surface area contributed by atoms with Crippen molar-refractivity contribution in [1.82, 2.24) is 15.5 Å². The third kappa shape index (κ3) is 4.43. The SMILES string of the molecule is O=C1CN(C(=O)c2ccc(CNC(=O)C3CC3c3ccccc3Cl)cc2)CCN1. The molecule has 2 aliphatic rings. The Balaban J connectivity index is 1.29. The quantitative estimate of drug-likeness (QED) is 0.792. The van der Waals surface area contributed by atoms with Crippen molar-refractivity contribution in [3.63, 3.8) is 0 Å². The zero-order valence-corrected chi connectivity index (χ0v) is 16.6. The molecule has 7 heteroatoms. The molecule has 3 amide bonds. The Morgan fingerprint density at radius 1 is 1.14 bits per heavy atom. The molecule has 150 valence electrons. The third-order valence-electron chi connectivity index (χ3n) is 5.43. The molecule has 2 atom stereocenters. The van der Waals surface area contributed by atoms with E-state index in [4.69, 9.17) is 11.6 Å². The first-order valence-corrected chi connectivity index (χ1v) is 10.1. The lowest BCUT2D eigenvalue weighted by atomic mass is 10.1. The van der Waals surface area contributed by atoms with E-state index in [1.54, 1.807) is 12.1 Å². The maximum absolute atomic E-state index is 12.5. The number of amides is 3. The van der Waals surface area contributed by atoms with Crippen LogP contribution in [0, 0.1) is 5.92 Å². The van der Waals surface area contributed by atoms with Crippen molar-refractivity contribution in [2.75, 3.05) is 19.6 Å². The van der Waals surface area contributed by atoms with Gasteiger partial charge in [0.2, 0.25) is 11.8 Å². The van der Waals surface area contributed by atoms with Crippen molar-refractivity contribution >= 4 is 29.3 Å². The standard InChI is InChI=1S/C22H22ClN3O3/c23-19-4-2-1-3-16(19)17-11-18(17)21(28)25-12-14-5-7-15(8-6-14)22(29)26-10-9-24-20(27)13-26/h1-8,17-18H,9-13H2,(H,24,27)(H,25,28). The number of hydrogen-bond acceptors (Lipinski definition) is 3. The molecule has 2 aromatic rings. The Kier molecular flexibility index (Phi) is 5.53. The van der Waals surface area contributed by atoms with Crippen molar-refractivity contribution in [3.8, 4) is 0 Å². The van der Waals surface area contributed by atoms with Crippen molar-refractivity contribution in [2.45, 2.75) is 18.9 Å². The number of piperazine rings is 1. The number of hydrogen-bond donors (Lipinski definition) is 2. The van der Waals surface area contributed by atoms with Gasteiger partial charge in [-0.15, -0.1) is 0 Å². The number of nitrogens with zero attached hydrogens (tertiary/aromatic N) is 1. The summed E-state index contributed by atoms with van der Waals surface area (Å²) in [6, 6.07) is 14.8. The molecule has 4 rings (SSSR count). The van der Waals surface area contributed by atoms with Crippen LogP contribution in [0.3, 0.4) is 0 Å². The predicted molar refractivity (Wildman–Crippen MR) is 110 cm³/mol. The zero-order chi connectivity index (χ0) is 20.4. The van der Waals surface area contributed by atoms with Gasteiger partial charge in [0, 0.05) is 36.1 Å². The molecule has 1 heterocycles. The van der Waals surface area contributed by atoms with Gasteiger partial charge in [0.05, 0.1) is 6.54 Å². The van der Waals surface area contributed by atoms with Gasteiger partial charge in [-0.25, -0.2) is 0 Å². The summed E-state index contributed by atoms with van der Waals surface area (Å²) in [5.41, 5.74) is 2.49. The predicted octanol–water partition coefficient (Wildman–Crippen LogP) is 2.33. The van der Waals surface area contributed by atoms with E-state index >= 15 is 0 Å². The maximum atomic E-state index is 12.5. The van der Waals surface area contributed by atoms with Crippen LogP contribution in [0.4, 0.5) is 0 Å². The molecule has 1 saturated heterocycles. The van der Waals surface area contributed by atoms with Gasteiger partial charge in [0.1, 0.15) is 0 Å². The van der Waals surface area contributed by atoms with Crippen molar-refractivity contribution in [2.24, 2.45) is 5.92 Å². The highest BCUT2D eigenvalue weighted by Crippen LogP contribution is 2.49. The lowest BCUT2D eigenvalue weighted by Crippen LogP contribution is -2.49. The number of carbonyl (C=O) groups excluding carboxylic acids is 3. The molecule has 1 aliphatic carbocycles. The molecule has 6 nitrogen and oxygen atoms in total. The first-order chi connectivity index (χ1) is 14.0. The van der Waals surface area contributed by atoms with E-state index < -0.39 is 0 Å². The molecule has 0 aromatic heterocycles. The molecule has 29 heavy (non-hydrogen) atoms. The molecule has 0 radical (unpaired) electrons. The van der Waals surface area contributed by atoms with E-state index in [1.165, 1.54) is 4.90 Å². The van der Waals surface area contributed by atoms with E-state index in [9.17, 15) is 14.4 Å². The lowest BCUT2D eigenvalue weighted by molar-refractivity contribution is -0.123. The first kappa shape index (κ1) is 19.5. The Morgan fingerprint density at radius 2 is 1.90 bits per heavy atom. The minimum absolute atomic E-state index is 0.0226. The van der Waals surface area contributed by atoms with Gasteiger partial charge in [0.25, 0.3) is 5.91 Å². The Labute approximate surface area is 174 Å². The molecular formula is C22H22ClN3O3. The van der Waals surface area contributed by atoms with E-state index in [0.717, 1.165) is 17.5 Å². The van der Waals surface area contributed by atoms with Gasteiger partial charge in [-0.05, 0) is 41.7 Å². The van der Waals surface area contributed by atoms with Gasteiger partial charge in [-0.1, -0.05) is 41.9 Å². The minimum Gasteiger partial charge on any atom is -0.353 e. The van der Waals surface area contributed by atoms with Crippen molar-refractivity contribution in [3.05, 3.63) is 70.2 Å². The van der Waals surface area contributed by atoms with E-state index in [0.29, 0.717) is 30.2 Å². The maximum Gasteiger partial charge on any atom is 0.254 e. The fraction of sp³-hybridized carbons (Fsp3) is 0.318.